The molecular formula is C21H24N4O5. The summed E-state index contributed by atoms with van der Waals surface area (Å²) < 4.78 is 22.8. The highest BCUT2D eigenvalue weighted by Gasteiger charge is 2.18. The van der Waals surface area contributed by atoms with Gasteiger partial charge in [0.25, 0.3) is 5.91 Å². The third-order valence-electron chi connectivity index (χ3n) is 4.59. The second kappa shape index (κ2) is 9.17. The summed E-state index contributed by atoms with van der Waals surface area (Å²) in [4.78, 5) is 12.7. The molecule has 0 spiro atoms. The molecule has 0 atom stereocenters. The molecule has 1 aromatic heterocycles. The Hall–Kier alpha value is -3.75. The van der Waals surface area contributed by atoms with Crippen LogP contribution in [-0.2, 0) is 6.54 Å². The van der Waals surface area contributed by atoms with Gasteiger partial charge in [0.1, 0.15) is 5.75 Å². The van der Waals surface area contributed by atoms with Crippen molar-refractivity contribution in [3.8, 4) is 28.7 Å². The van der Waals surface area contributed by atoms with Crippen molar-refractivity contribution in [3.63, 3.8) is 0 Å². The molecule has 0 saturated heterocycles. The Bertz CT molecular complexity index is 1020. The van der Waals surface area contributed by atoms with E-state index in [1.807, 2.05) is 24.3 Å². The average Bonchev–Trinajstić information content (AvgIpc) is 3.17. The van der Waals surface area contributed by atoms with Gasteiger partial charge in [0.2, 0.25) is 5.75 Å². The molecule has 0 unspecified atom stereocenters. The third kappa shape index (κ3) is 4.14. The highest BCUT2D eigenvalue weighted by molar-refractivity contribution is 5.93. The van der Waals surface area contributed by atoms with Gasteiger partial charge in [0, 0.05) is 12.6 Å². The van der Waals surface area contributed by atoms with Crippen LogP contribution in [0.2, 0.25) is 0 Å². The number of ether oxygens (including phenoxy) is 4. The fourth-order valence-electron chi connectivity index (χ4n) is 3.03. The van der Waals surface area contributed by atoms with Gasteiger partial charge in [0.15, 0.2) is 17.2 Å². The van der Waals surface area contributed by atoms with Crippen LogP contribution in [-0.4, -0.2) is 49.3 Å². The highest BCUT2D eigenvalue weighted by Crippen LogP contribution is 2.38. The standard InChI is InChI=1S/C21H24N4O5/c1-13-19(23-24-25(13)15-7-6-8-16(11-15)27-2)21(26)22-12-14-9-17(28-3)20(30-5)18(10-14)29-4/h6-11H,12H2,1-5H3,(H,22,26). The Morgan fingerprint density at radius 3 is 2.30 bits per heavy atom. The summed E-state index contributed by atoms with van der Waals surface area (Å²) in [5.74, 6) is 1.88. The van der Waals surface area contributed by atoms with Crippen molar-refractivity contribution in [2.45, 2.75) is 13.5 Å². The first-order chi connectivity index (χ1) is 14.5. The van der Waals surface area contributed by atoms with Gasteiger partial charge in [-0.15, -0.1) is 5.10 Å². The minimum atomic E-state index is -0.338. The number of benzene rings is 2. The number of hydrogen-bond acceptors (Lipinski definition) is 7. The van der Waals surface area contributed by atoms with Gasteiger partial charge in [0.05, 0.1) is 39.8 Å². The van der Waals surface area contributed by atoms with Crippen molar-refractivity contribution < 1.29 is 23.7 Å². The molecule has 158 valence electrons. The fraction of sp³-hybridized carbons (Fsp3) is 0.286. The van der Waals surface area contributed by atoms with Crippen molar-refractivity contribution in [2.24, 2.45) is 0 Å². The lowest BCUT2D eigenvalue weighted by Gasteiger charge is -2.14. The topological polar surface area (TPSA) is 96.7 Å². The zero-order valence-electron chi connectivity index (χ0n) is 17.6. The predicted octanol–water partition coefficient (Wildman–Crippen LogP) is 2.54. The number of aromatic nitrogens is 3. The van der Waals surface area contributed by atoms with Crippen LogP contribution >= 0.6 is 0 Å². The van der Waals surface area contributed by atoms with E-state index in [4.69, 9.17) is 18.9 Å². The summed E-state index contributed by atoms with van der Waals surface area (Å²) in [6.07, 6.45) is 0. The normalized spacial score (nSPS) is 10.4. The molecular weight excluding hydrogens is 388 g/mol. The number of carbonyl (C=O) groups excluding carboxylic acids is 1. The number of hydrogen-bond donors (Lipinski definition) is 1. The lowest BCUT2D eigenvalue weighted by Crippen LogP contribution is -2.24. The Morgan fingerprint density at radius 1 is 1.00 bits per heavy atom. The Labute approximate surface area is 174 Å². The van der Waals surface area contributed by atoms with Crippen LogP contribution in [0.5, 0.6) is 23.0 Å². The molecule has 1 amide bonds. The first kappa shape index (κ1) is 21.0. The number of rotatable bonds is 8. The lowest BCUT2D eigenvalue weighted by atomic mass is 10.1. The van der Waals surface area contributed by atoms with Crippen LogP contribution in [0.15, 0.2) is 36.4 Å². The van der Waals surface area contributed by atoms with Gasteiger partial charge >= 0.3 is 0 Å². The van der Waals surface area contributed by atoms with Crippen LogP contribution in [0.25, 0.3) is 5.69 Å². The molecule has 0 saturated carbocycles. The van der Waals surface area contributed by atoms with E-state index in [0.29, 0.717) is 28.7 Å². The number of methoxy groups -OCH3 is 4. The quantitative estimate of drug-likeness (QED) is 0.607. The second-order valence-corrected chi connectivity index (χ2v) is 6.35. The van der Waals surface area contributed by atoms with Crippen molar-refractivity contribution >= 4 is 5.91 Å². The smallest absolute Gasteiger partial charge is 0.274 e. The maximum Gasteiger partial charge on any atom is 0.274 e. The van der Waals surface area contributed by atoms with Crippen molar-refractivity contribution in [2.75, 3.05) is 28.4 Å². The van der Waals surface area contributed by atoms with E-state index in [1.54, 1.807) is 45.1 Å². The SMILES string of the molecule is COc1cccc(-n2nnc(C(=O)NCc3cc(OC)c(OC)c(OC)c3)c2C)c1. The molecule has 30 heavy (non-hydrogen) atoms. The van der Waals surface area contributed by atoms with E-state index in [-0.39, 0.29) is 18.1 Å². The number of nitrogens with one attached hydrogen (secondary N) is 1. The van der Waals surface area contributed by atoms with Crippen molar-refractivity contribution in [1.29, 1.82) is 0 Å². The minimum absolute atomic E-state index is 0.241. The zero-order chi connectivity index (χ0) is 21.7. The van der Waals surface area contributed by atoms with Crippen LogP contribution in [0.4, 0.5) is 0 Å². The third-order valence-corrected chi connectivity index (χ3v) is 4.59. The summed E-state index contributed by atoms with van der Waals surface area (Å²) in [5.41, 5.74) is 2.40. The Kier molecular flexibility index (Phi) is 6.41. The van der Waals surface area contributed by atoms with Gasteiger partial charge in [-0.25, -0.2) is 4.68 Å². The molecule has 2 aromatic carbocycles. The fourth-order valence-corrected chi connectivity index (χ4v) is 3.03. The molecule has 0 aliphatic rings. The molecule has 3 rings (SSSR count). The van der Waals surface area contributed by atoms with E-state index in [0.717, 1.165) is 11.3 Å². The lowest BCUT2D eigenvalue weighted by molar-refractivity contribution is 0.0945. The summed E-state index contributed by atoms with van der Waals surface area (Å²) in [5, 5.41) is 11.0. The van der Waals surface area contributed by atoms with Gasteiger partial charge in [-0.1, -0.05) is 11.3 Å². The van der Waals surface area contributed by atoms with E-state index in [1.165, 1.54) is 7.11 Å². The number of amides is 1. The second-order valence-electron chi connectivity index (χ2n) is 6.35. The highest BCUT2D eigenvalue weighted by atomic mass is 16.5. The van der Waals surface area contributed by atoms with E-state index in [2.05, 4.69) is 15.6 Å². The molecule has 9 nitrogen and oxygen atoms in total. The van der Waals surface area contributed by atoms with E-state index in [9.17, 15) is 4.79 Å². The van der Waals surface area contributed by atoms with Crippen LogP contribution in [0, 0.1) is 6.92 Å². The molecule has 0 fully saturated rings. The molecule has 9 heteroatoms. The predicted molar refractivity (Wildman–Crippen MR) is 110 cm³/mol. The molecule has 0 bridgehead atoms. The maximum atomic E-state index is 12.7. The van der Waals surface area contributed by atoms with Crippen molar-refractivity contribution in [3.05, 3.63) is 53.3 Å². The molecule has 0 aliphatic carbocycles. The van der Waals surface area contributed by atoms with Gasteiger partial charge < -0.3 is 24.3 Å². The summed E-state index contributed by atoms with van der Waals surface area (Å²) >= 11 is 0. The molecule has 0 aliphatic heterocycles. The Morgan fingerprint density at radius 2 is 1.70 bits per heavy atom. The van der Waals surface area contributed by atoms with E-state index < -0.39 is 0 Å². The maximum absolute atomic E-state index is 12.7. The monoisotopic (exact) mass is 412 g/mol. The molecule has 0 radical (unpaired) electrons. The first-order valence-electron chi connectivity index (χ1n) is 9.16. The number of nitrogens with zero attached hydrogens (tertiary/aromatic N) is 3. The van der Waals surface area contributed by atoms with Crippen LogP contribution < -0.4 is 24.3 Å². The van der Waals surface area contributed by atoms with Crippen LogP contribution in [0.1, 0.15) is 21.7 Å². The largest absolute Gasteiger partial charge is 0.497 e. The minimum Gasteiger partial charge on any atom is -0.497 e. The summed E-state index contributed by atoms with van der Waals surface area (Å²) in [6.45, 7) is 2.04. The zero-order valence-corrected chi connectivity index (χ0v) is 17.6. The van der Waals surface area contributed by atoms with Gasteiger partial charge in [-0.3, -0.25) is 4.79 Å². The Balaban J connectivity index is 1.78. The number of carbonyl (C=O) groups is 1. The molecule has 1 N–H and O–H groups in total. The summed E-state index contributed by atoms with van der Waals surface area (Å²) in [7, 11) is 6.21. The van der Waals surface area contributed by atoms with Gasteiger partial charge in [-0.2, -0.15) is 0 Å². The molecule has 1 heterocycles. The van der Waals surface area contributed by atoms with E-state index >= 15 is 0 Å². The van der Waals surface area contributed by atoms with Crippen molar-refractivity contribution in [1.82, 2.24) is 20.3 Å². The average molecular weight is 412 g/mol. The first-order valence-corrected chi connectivity index (χ1v) is 9.16. The summed E-state index contributed by atoms with van der Waals surface area (Å²) in [6, 6.07) is 10.9. The molecule has 3 aromatic rings. The van der Waals surface area contributed by atoms with Crippen LogP contribution in [0.3, 0.4) is 0 Å². The van der Waals surface area contributed by atoms with Gasteiger partial charge in [-0.05, 0) is 36.8 Å².